The number of morpholine rings is 1. The van der Waals surface area contributed by atoms with Crippen LogP contribution in [0.4, 0.5) is 0 Å². The molecular formula is C13H27N3O3S. The Bertz CT molecular complexity index is 419. The molecule has 2 saturated heterocycles. The lowest BCUT2D eigenvalue weighted by Gasteiger charge is -2.41. The number of nitrogens with zero attached hydrogens (tertiary/aromatic N) is 2. The molecule has 0 spiro atoms. The lowest BCUT2D eigenvalue weighted by molar-refractivity contribution is -0.0457. The van der Waals surface area contributed by atoms with E-state index in [0.717, 1.165) is 12.8 Å². The van der Waals surface area contributed by atoms with Crippen LogP contribution in [0.1, 0.15) is 33.6 Å². The second-order valence-corrected chi connectivity index (χ2v) is 7.99. The third kappa shape index (κ3) is 3.33. The van der Waals surface area contributed by atoms with Crippen LogP contribution in [-0.2, 0) is 14.9 Å². The van der Waals surface area contributed by atoms with Crippen LogP contribution in [0.15, 0.2) is 0 Å². The molecule has 2 N–H and O–H groups in total. The predicted octanol–water partition coefficient (Wildman–Crippen LogP) is 0.400. The van der Waals surface area contributed by atoms with Crippen molar-refractivity contribution < 1.29 is 13.2 Å². The maximum Gasteiger partial charge on any atom is 0.282 e. The fourth-order valence-electron chi connectivity index (χ4n) is 3.14. The van der Waals surface area contributed by atoms with Gasteiger partial charge < -0.3 is 10.5 Å². The van der Waals surface area contributed by atoms with Crippen molar-refractivity contribution in [2.75, 3.05) is 26.2 Å². The smallest absolute Gasteiger partial charge is 0.282 e. The Kier molecular flexibility index (Phi) is 5.07. The van der Waals surface area contributed by atoms with Crippen LogP contribution in [0.5, 0.6) is 0 Å². The molecule has 4 unspecified atom stereocenters. The largest absolute Gasteiger partial charge is 0.373 e. The quantitative estimate of drug-likeness (QED) is 0.819. The molecule has 0 aromatic heterocycles. The Morgan fingerprint density at radius 1 is 1.15 bits per heavy atom. The Hall–Kier alpha value is -0.210. The average Bonchev–Trinajstić information content (AvgIpc) is 2.37. The van der Waals surface area contributed by atoms with Crippen molar-refractivity contribution in [2.45, 2.75) is 51.9 Å². The number of hydrogen-bond donors (Lipinski definition) is 1. The van der Waals surface area contributed by atoms with Gasteiger partial charge in [0.1, 0.15) is 0 Å². The molecule has 6 nitrogen and oxygen atoms in total. The highest BCUT2D eigenvalue weighted by Gasteiger charge is 2.38. The van der Waals surface area contributed by atoms with Gasteiger partial charge in [-0.3, -0.25) is 0 Å². The first-order valence-corrected chi connectivity index (χ1v) is 8.90. The zero-order chi connectivity index (χ0) is 14.9. The SMILES string of the molecule is CCC1CN(S(=O)(=O)N2CC(C)OC(C)C2)CCC1N. The Labute approximate surface area is 122 Å². The number of rotatable bonds is 3. The maximum atomic E-state index is 12.8. The molecule has 2 aliphatic heterocycles. The molecule has 2 aliphatic rings. The molecule has 20 heavy (non-hydrogen) atoms. The summed E-state index contributed by atoms with van der Waals surface area (Å²) in [5, 5.41) is 0. The molecular weight excluding hydrogens is 278 g/mol. The number of nitrogens with two attached hydrogens (primary N) is 1. The van der Waals surface area contributed by atoms with Crippen molar-refractivity contribution in [1.29, 1.82) is 0 Å². The zero-order valence-electron chi connectivity index (χ0n) is 12.7. The van der Waals surface area contributed by atoms with E-state index >= 15 is 0 Å². The minimum atomic E-state index is -3.39. The van der Waals surface area contributed by atoms with Gasteiger partial charge in [0, 0.05) is 32.2 Å². The van der Waals surface area contributed by atoms with E-state index in [4.69, 9.17) is 10.5 Å². The van der Waals surface area contributed by atoms with Crippen LogP contribution in [-0.4, -0.2) is 61.5 Å². The molecule has 0 aromatic carbocycles. The summed E-state index contributed by atoms with van der Waals surface area (Å²) in [5.41, 5.74) is 6.06. The first kappa shape index (κ1) is 16.2. The summed E-state index contributed by atoms with van der Waals surface area (Å²) in [6, 6.07) is 0.119. The highest BCUT2D eigenvalue weighted by atomic mass is 32.2. The Morgan fingerprint density at radius 3 is 2.30 bits per heavy atom. The van der Waals surface area contributed by atoms with Gasteiger partial charge in [-0.05, 0) is 26.2 Å². The van der Waals surface area contributed by atoms with Crippen molar-refractivity contribution >= 4 is 10.2 Å². The minimum Gasteiger partial charge on any atom is -0.373 e. The summed E-state index contributed by atoms with van der Waals surface area (Å²) in [5.74, 6) is 0.259. The summed E-state index contributed by atoms with van der Waals surface area (Å²) in [6.07, 6.45) is 1.56. The van der Waals surface area contributed by atoms with Gasteiger partial charge in [0.2, 0.25) is 0 Å². The van der Waals surface area contributed by atoms with Crippen molar-refractivity contribution in [2.24, 2.45) is 11.7 Å². The van der Waals surface area contributed by atoms with E-state index in [1.807, 2.05) is 13.8 Å². The highest BCUT2D eigenvalue weighted by molar-refractivity contribution is 7.86. The minimum absolute atomic E-state index is 0.0532. The van der Waals surface area contributed by atoms with Crippen LogP contribution < -0.4 is 5.73 Å². The second-order valence-electron chi connectivity index (χ2n) is 6.06. The van der Waals surface area contributed by atoms with Crippen molar-refractivity contribution in [3.8, 4) is 0 Å². The molecule has 0 radical (unpaired) electrons. The zero-order valence-corrected chi connectivity index (χ0v) is 13.5. The van der Waals surface area contributed by atoms with Crippen LogP contribution in [0, 0.1) is 5.92 Å². The van der Waals surface area contributed by atoms with Crippen molar-refractivity contribution in [1.82, 2.24) is 8.61 Å². The topological polar surface area (TPSA) is 75.9 Å². The third-order valence-electron chi connectivity index (χ3n) is 4.32. The van der Waals surface area contributed by atoms with E-state index in [1.54, 1.807) is 8.61 Å². The summed E-state index contributed by atoms with van der Waals surface area (Å²) in [6.45, 7) is 7.84. The lowest BCUT2D eigenvalue weighted by Crippen LogP contribution is -2.57. The molecule has 2 fully saturated rings. The summed E-state index contributed by atoms with van der Waals surface area (Å²) < 4.78 is 34.3. The van der Waals surface area contributed by atoms with E-state index < -0.39 is 10.2 Å². The molecule has 118 valence electrons. The van der Waals surface area contributed by atoms with Crippen molar-refractivity contribution in [3.05, 3.63) is 0 Å². The van der Waals surface area contributed by atoms with E-state index in [9.17, 15) is 8.42 Å². The molecule has 0 saturated carbocycles. The Morgan fingerprint density at radius 2 is 1.75 bits per heavy atom. The fourth-order valence-corrected chi connectivity index (χ4v) is 4.98. The number of piperidine rings is 1. The molecule has 0 aromatic rings. The molecule has 0 bridgehead atoms. The van der Waals surface area contributed by atoms with Gasteiger partial charge in [0.25, 0.3) is 10.2 Å². The van der Waals surface area contributed by atoms with Crippen LogP contribution in [0.25, 0.3) is 0 Å². The van der Waals surface area contributed by atoms with Gasteiger partial charge in [-0.1, -0.05) is 13.3 Å². The summed E-state index contributed by atoms with van der Waals surface area (Å²) in [4.78, 5) is 0. The Balaban J connectivity index is 2.10. The standard InChI is InChI=1S/C13H27N3O3S/c1-4-12-9-15(6-5-13(12)14)20(17,18)16-7-10(2)19-11(3)8-16/h10-13H,4-9,14H2,1-3H3. The highest BCUT2D eigenvalue weighted by Crippen LogP contribution is 2.24. The van der Waals surface area contributed by atoms with E-state index in [-0.39, 0.29) is 24.2 Å². The van der Waals surface area contributed by atoms with Crippen LogP contribution in [0.2, 0.25) is 0 Å². The van der Waals surface area contributed by atoms with Gasteiger partial charge >= 0.3 is 0 Å². The van der Waals surface area contributed by atoms with Gasteiger partial charge in [-0.2, -0.15) is 17.0 Å². The predicted molar refractivity (Wildman–Crippen MR) is 78.4 cm³/mol. The van der Waals surface area contributed by atoms with Crippen LogP contribution >= 0.6 is 0 Å². The van der Waals surface area contributed by atoms with Gasteiger partial charge in [0.05, 0.1) is 12.2 Å². The molecule has 4 atom stereocenters. The fraction of sp³-hybridized carbons (Fsp3) is 1.00. The van der Waals surface area contributed by atoms with E-state index in [0.29, 0.717) is 26.2 Å². The third-order valence-corrected chi connectivity index (χ3v) is 6.25. The normalized spacial score (nSPS) is 38.0. The average molecular weight is 305 g/mol. The first-order chi connectivity index (χ1) is 9.34. The lowest BCUT2D eigenvalue weighted by atomic mass is 9.92. The van der Waals surface area contributed by atoms with E-state index in [1.165, 1.54) is 0 Å². The molecule has 0 amide bonds. The monoisotopic (exact) mass is 305 g/mol. The summed E-state index contributed by atoms with van der Waals surface area (Å²) in [7, 11) is -3.39. The van der Waals surface area contributed by atoms with Gasteiger partial charge in [0.15, 0.2) is 0 Å². The maximum absolute atomic E-state index is 12.8. The van der Waals surface area contributed by atoms with Gasteiger partial charge in [-0.25, -0.2) is 0 Å². The molecule has 7 heteroatoms. The molecule has 2 rings (SSSR count). The molecule has 0 aliphatic carbocycles. The van der Waals surface area contributed by atoms with Crippen LogP contribution in [0.3, 0.4) is 0 Å². The molecule has 2 heterocycles. The number of hydrogen-bond acceptors (Lipinski definition) is 4. The van der Waals surface area contributed by atoms with Crippen molar-refractivity contribution in [3.63, 3.8) is 0 Å². The van der Waals surface area contributed by atoms with Gasteiger partial charge in [-0.15, -0.1) is 0 Å². The number of ether oxygens (including phenoxy) is 1. The second kappa shape index (κ2) is 6.27. The first-order valence-electron chi connectivity index (χ1n) is 7.50. The summed E-state index contributed by atoms with van der Waals surface area (Å²) >= 11 is 0. The van der Waals surface area contributed by atoms with E-state index in [2.05, 4.69) is 6.92 Å².